The van der Waals surface area contributed by atoms with Gasteiger partial charge >= 0.3 is 5.97 Å². The number of carbonyl (C=O) groups is 2. The summed E-state index contributed by atoms with van der Waals surface area (Å²) in [6.45, 7) is -0.657. The lowest BCUT2D eigenvalue weighted by Crippen LogP contribution is -2.42. The second kappa shape index (κ2) is 5.72. The van der Waals surface area contributed by atoms with Gasteiger partial charge in [0.1, 0.15) is 5.76 Å². The molecule has 0 aliphatic rings. The highest BCUT2D eigenvalue weighted by Crippen LogP contribution is 2.01. The molecular weight excluding hydrogens is 214 g/mol. The Morgan fingerprint density at radius 3 is 2.81 bits per heavy atom. The third-order valence-electron chi connectivity index (χ3n) is 1.74. The molecule has 1 aromatic rings. The number of amides is 1. The van der Waals surface area contributed by atoms with Crippen LogP contribution in [0.25, 0.3) is 6.08 Å². The van der Waals surface area contributed by atoms with Crippen LogP contribution < -0.4 is 5.32 Å². The number of aliphatic carboxylic acids is 1. The molecule has 16 heavy (non-hydrogen) atoms. The van der Waals surface area contributed by atoms with Crippen molar-refractivity contribution >= 4 is 18.0 Å². The maximum atomic E-state index is 11.2. The SMILES string of the molecule is O=C(C=Cc1ccco1)N[C@@H](CO)C(=O)O. The Labute approximate surface area is 91.2 Å². The van der Waals surface area contributed by atoms with E-state index in [0.29, 0.717) is 5.76 Å². The molecule has 1 heterocycles. The summed E-state index contributed by atoms with van der Waals surface area (Å²) >= 11 is 0. The molecule has 1 rings (SSSR count). The van der Waals surface area contributed by atoms with Gasteiger partial charge in [-0.1, -0.05) is 0 Å². The first-order chi connectivity index (χ1) is 7.63. The van der Waals surface area contributed by atoms with E-state index in [1.165, 1.54) is 12.3 Å². The molecule has 0 radical (unpaired) electrons. The van der Waals surface area contributed by atoms with Crippen LogP contribution in [-0.4, -0.2) is 34.7 Å². The van der Waals surface area contributed by atoms with Gasteiger partial charge in [0, 0.05) is 6.08 Å². The van der Waals surface area contributed by atoms with Crippen molar-refractivity contribution in [3.8, 4) is 0 Å². The van der Waals surface area contributed by atoms with Gasteiger partial charge in [0.25, 0.3) is 0 Å². The topological polar surface area (TPSA) is 99.8 Å². The van der Waals surface area contributed by atoms with Crippen molar-refractivity contribution < 1.29 is 24.2 Å². The van der Waals surface area contributed by atoms with E-state index in [1.54, 1.807) is 12.1 Å². The lowest BCUT2D eigenvalue weighted by atomic mass is 10.3. The molecule has 6 nitrogen and oxygen atoms in total. The zero-order valence-electron chi connectivity index (χ0n) is 8.29. The largest absolute Gasteiger partial charge is 0.480 e. The quantitative estimate of drug-likeness (QED) is 0.605. The minimum Gasteiger partial charge on any atom is -0.480 e. The molecule has 0 bridgehead atoms. The lowest BCUT2D eigenvalue weighted by Gasteiger charge is -2.08. The number of aliphatic hydroxyl groups excluding tert-OH is 1. The first-order valence-corrected chi connectivity index (χ1v) is 4.49. The van der Waals surface area contributed by atoms with Gasteiger partial charge in [0.05, 0.1) is 12.9 Å². The Morgan fingerprint density at radius 2 is 2.31 bits per heavy atom. The van der Waals surface area contributed by atoms with Crippen molar-refractivity contribution in [2.75, 3.05) is 6.61 Å². The minimum absolute atomic E-state index is 0.478. The minimum atomic E-state index is -1.30. The first kappa shape index (κ1) is 12.0. The summed E-state index contributed by atoms with van der Waals surface area (Å²) in [7, 11) is 0. The van der Waals surface area contributed by atoms with E-state index in [4.69, 9.17) is 14.6 Å². The summed E-state index contributed by atoms with van der Waals surface area (Å²) in [4.78, 5) is 21.7. The Bertz CT molecular complexity index is 382. The van der Waals surface area contributed by atoms with Crippen LogP contribution in [0.4, 0.5) is 0 Å². The van der Waals surface area contributed by atoms with Crippen LogP contribution in [0.1, 0.15) is 5.76 Å². The van der Waals surface area contributed by atoms with Gasteiger partial charge in [0.2, 0.25) is 5.91 Å². The highest BCUT2D eigenvalue weighted by molar-refractivity contribution is 5.94. The summed E-state index contributed by atoms with van der Waals surface area (Å²) in [5, 5.41) is 19.3. The van der Waals surface area contributed by atoms with Gasteiger partial charge in [-0.2, -0.15) is 0 Å². The molecule has 1 atom stereocenters. The molecular formula is C10H11NO5. The molecule has 0 saturated carbocycles. The van der Waals surface area contributed by atoms with Crippen molar-refractivity contribution in [2.24, 2.45) is 0 Å². The number of rotatable bonds is 5. The summed E-state index contributed by atoms with van der Waals surface area (Å²) in [5.41, 5.74) is 0. The van der Waals surface area contributed by atoms with Gasteiger partial charge in [0.15, 0.2) is 6.04 Å². The average molecular weight is 225 g/mol. The number of carbonyl (C=O) groups excluding carboxylic acids is 1. The van der Waals surface area contributed by atoms with Gasteiger partial charge in [-0.3, -0.25) is 4.79 Å². The number of hydrogen-bond donors (Lipinski definition) is 3. The smallest absolute Gasteiger partial charge is 0.328 e. The van der Waals surface area contributed by atoms with Crippen LogP contribution in [0.5, 0.6) is 0 Å². The van der Waals surface area contributed by atoms with Gasteiger partial charge in [-0.15, -0.1) is 0 Å². The van der Waals surface area contributed by atoms with Crippen molar-refractivity contribution in [1.29, 1.82) is 0 Å². The number of carboxylic acids is 1. The monoisotopic (exact) mass is 225 g/mol. The normalized spacial score (nSPS) is 12.6. The Hall–Kier alpha value is -2.08. The van der Waals surface area contributed by atoms with Crippen molar-refractivity contribution in [2.45, 2.75) is 6.04 Å². The van der Waals surface area contributed by atoms with Crippen LogP contribution in [0.3, 0.4) is 0 Å². The summed E-state index contributed by atoms with van der Waals surface area (Å²) in [6.07, 6.45) is 3.97. The third kappa shape index (κ3) is 3.58. The molecule has 6 heteroatoms. The maximum absolute atomic E-state index is 11.2. The average Bonchev–Trinajstić information content (AvgIpc) is 2.75. The molecule has 0 unspecified atom stereocenters. The van der Waals surface area contributed by atoms with E-state index in [9.17, 15) is 9.59 Å². The number of nitrogens with one attached hydrogen (secondary N) is 1. The second-order valence-electron chi connectivity index (χ2n) is 2.93. The zero-order valence-corrected chi connectivity index (χ0v) is 8.29. The Balaban J connectivity index is 2.50. The number of carboxylic acid groups (broad SMARTS) is 1. The van der Waals surface area contributed by atoms with Crippen molar-refractivity contribution in [1.82, 2.24) is 5.32 Å². The molecule has 0 saturated heterocycles. The van der Waals surface area contributed by atoms with E-state index in [0.717, 1.165) is 6.08 Å². The lowest BCUT2D eigenvalue weighted by molar-refractivity contribution is -0.142. The molecule has 86 valence electrons. The van der Waals surface area contributed by atoms with E-state index >= 15 is 0 Å². The Morgan fingerprint density at radius 1 is 1.56 bits per heavy atom. The molecule has 1 aromatic heterocycles. The summed E-state index contributed by atoms with van der Waals surface area (Å²) in [5.74, 6) is -1.42. The standard InChI is InChI=1S/C10H11NO5/c12-6-8(10(14)15)11-9(13)4-3-7-2-1-5-16-7/h1-5,8,12H,6H2,(H,11,13)(H,14,15)/t8-/m0/s1. The molecule has 0 aromatic carbocycles. The zero-order chi connectivity index (χ0) is 12.0. The molecule has 0 aliphatic heterocycles. The molecule has 3 N–H and O–H groups in total. The predicted molar refractivity (Wildman–Crippen MR) is 54.4 cm³/mol. The molecule has 0 spiro atoms. The number of furan rings is 1. The highest BCUT2D eigenvalue weighted by atomic mass is 16.4. The van der Waals surface area contributed by atoms with Crippen molar-refractivity contribution in [3.63, 3.8) is 0 Å². The van der Waals surface area contributed by atoms with Crippen LogP contribution in [0, 0.1) is 0 Å². The second-order valence-corrected chi connectivity index (χ2v) is 2.93. The summed E-state index contributed by atoms with van der Waals surface area (Å²) in [6, 6.07) is 2.00. The fourth-order valence-corrected chi connectivity index (χ4v) is 0.949. The fraction of sp³-hybridized carbons (Fsp3) is 0.200. The van der Waals surface area contributed by atoms with E-state index in [1.807, 2.05) is 0 Å². The van der Waals surface area contributed by atoms with Crippen LogP contribution in [-0.2, 0) is 9.59 Å². The van der Waals surface area contributed by atoms with Gasteiger partial charge in [-0.25, -0.2) is 4.79 Å². The fourth-order valence-electron chi connectivity index (χ4n) is 0.949. The molecule has 0 aliphatic carbocycles. The van der Waals surface area contributed by atoms with Gasteiger partial charge in [-0.05, 0) is 18.2 Å². The molecule has 1 amide bonds. The van der Waals surface area contributed by atoms with Crippen molar-refractivity contribution in [3.05, 3.63) is 30.2 Å². The first-order valence-electron chi connectivity index (χ1n) is 4.49. The number of aliphatic hydroxyl groups is 1. The predicted octanol–water partition coefficient (Wildman–Crippen LogP) is -0.146. The van der Waals surface area contributed by atoms with Crippen LogP contribution >= 0.6 is 0 Å². The van der Waals surface area contributed by atoms with Crippen LogP contribution in [0.15, 0.2) is 28.9 Å². The summed E-state index contributed by atoms with van der Waals surface area (Å²) < 4.78 is 4.93. The van der Waals surface area contributed by atoms with Gasteiger partial charge < -0.3 is 19.9 Å². The van der Waals surface area contributed by atoms with E-state index in [2.05, 4.69) is 5.32 Å². The third-order valence-corrected chi connectivity index (χ3v) is 1.74. The number of hydrogen-bond acceptors (Lipinski definition) is 4. The maximum Gasteiger partial charge on any atom is 0.328 e. The highest BCUT2D eigenvalue weighted by Gasteiger charge is 2.16. The Kier molecular flexibility index (Phi) is 4.28. The van der Waals surface area contributed by atoms with Crippen LogP contribution in [0.2, 0.25) is 0 Å². The molecule has 0 fully saturated rings. The van der Waals surface area contributed by atoms with E-state index in [-0.39, 0.29) is 0 Å². The van der Waals surface area contributed by atoms with E-state index < -0.39 is 24.5 Å².